The number of aliphatic carboxylic acids is 1. The molecule has 0 amide bonds. The van der Waals surface area contributed by atoms with Gasteiger partial charge in [0, 0.05) is 12.5 Å². The van der Waals surface area contributed by atoms with Gasteiger partial charge in [0.2, 0.25) is 10.0 Å². The number of carboxylic acid groups (broad SMARTS) is 1. The molecule has 0 saturated carbocycles. The molecule has 1 aliphatic rings. The topological polar surface area (TPSA) is 83.5 Å². The van der Waals surface area contributed by atoms with Gasteiger partial charge in [-0.05, 0) is 56.4 Å². The van der Waals surface area contributed by atoms with Crippen molar-refractivity contribution in [2.24, 2.45) is 0 Å². The normalized spacial score (nSPS) is 17.8. The number of unbranched alkanes of at least 4 members (excludes halogenated alkanes) is 1. The number of nitrogens with one attached hydrogen (secondary N) is 1. The van der Waals surface area contributed by atoms with Crippen LogP contribution in [0.25, 0.3) is 0 Å². The summed E-state index contributed by atoms with van der Waals surface area (Å²) in [6.07, 6.45) is 9.44. The van der Waals surface area contributed by atoms with E-state index in [-0.39, 0.29) is 17.4 Å². The minimum absolute atomic E-state index is 0.0457. The number of sulfonamides is 1. The molecule has 25 heavy (non-hydrogen) atoms. The van der Waals surface area contributed by atoms with Crippen LogP contribution in [-0.4, -0.2) is 25.5 Å². The number of carboxylic acids is 1. The molecule has 0 radical (unpaired) electrons. The molecule has 1 aromatic carbocycles. The molecule has 2 N–H and O–H groups in total. The van der Waals surface area contributed by atoms with Crippen molar-refractivity contribution in [2.75, 3.05) is 0 Å². The van der Waals surface area contributed by atoms with Crippen LogP contribution in [0.15, 0.2) is 53.0 Å². The number of hydrogen-bond donors (Lipinski definition) is 2. The average Bonchev–Trinajstić information content (AvgIpc) is 2.97. The lowest BCUT2D eigenvalue weighted by molar-refractivity contribution is -0.137. The summed E-state index contributed by atoms with van der Waals surface area (Å²) in [6.45, 7) is 0. The van der Waals surface area contributed by atoms with Gasteiger partial charge in [-0.2, -0.15) is 0 Å². The fourth-order valence-corrected chi connectivity index (χ4v) is 3.97. The van der Waals surface area contributed by atoms with E-state index in [1.807, 2.05) is 18.2 Å². The number of benzene rings is 1. The maximum Gasteiger partial charge on any atom is 0.303 e. The molecule has 1 aliphatic carbocycles. The van der Waals surface area contributed by atoms with Gasteiger partial charge in [-0.1, -0.05) is 23.8 Å². The molecule has 1 atom stereocenters. The Morgan fingerprint density at radius 1 is 1.28 bits per heavy atom. The van der Waals surface area contributed by atoms with Crippen molar-refractivity contribution < 1.29 is 22.7 Å². The summed E-state index contributed by atoms with van der Waals surface area (Å²) in [6, 6.07) is 4.48. The fourth-order valence-electron chi connectivity index (χ4n) is 2.70. The van der Waals surface area contributed by atoms with Crippen molar-refractivity contribution in [3.63, 3.8) is 0 Å². The van der Waals surface area contributed by atoms with Gasteiger partial charge in [-0.15, -0.1) is 0 Å². The van der Waals surface area contributed by atoms with E-state index in [0.717, 1.165) is 24.1 Å². The number of carbonyl (C=O) groups is 1. The number of halogens is 1. The summed E-state index contributed by atoms with van der Waals surface area (Å²) in [5, 5.41) is 8.58. The largest absolute Gasteiger partial charge is 0.481 e. The number of rotatable bonds is 9. The van der Waals surface area contributed by atoms with Gasteiger partial charge in [-0.3, -0.25) is 4.79 Å². The van der Waals surface area contributed by atoms with Crippen LogP contribution < -0.4 is 4.72 Å². The van der Waals surface area contributed by atoms with Gasteiger partial charge >= 0.3 is 5.97 Å². The van der Waals surface area contributed by atoms with Gasteiger partial charge in [-0.25, -0.2) is 17.5 Å². The first-order valence-electron chi connectivity index (χ1n) is 8.22. The van der Waals surface area contributed by atoms with Crippen LogP contribution in [0, 0.1) is 5.82 Å². The van der Waals surface area contributed by atoms with Crippen LogP contribution in [-0.2, 0) is 14.8 Å². The van der Waals surface area contributed by atoms with Crippen molar-refractivity contribution in [3.05, 3.63) is 53.9 Å². The molecule has 0 spiro atoms. The predicted molar refractivity (Wildman–Crippen MR) is 93.1 cm³/mol. The first-order valence-corrected chi connectivity index (χ1v) is 9.70. The lowest BCUT2D eigenvalue weighted by Crippen LogP contribution is -2.34. The van der Waals surface area contributed by atoms with Crippen LogP contribution in [0.4, 0.5) is 4.39 Å². The number of hydrogen-bond acceptors (Lipinski definition) is 3. The van der Waals surface area contributed by atoms with E-state index in [2.05, 4.69) is 4.72 Å². The molecule has 7 heteroatoms. The van der Waals surface area contributed by atoms with Gasteiger partial charge in [0.1, 0.15) is 5.82 Å². The molecule has 0 unspecified atom stereocenters. The Labute approximate surface area is 147 Å². The zero-order chi connectivity index (χ0) is 18.3. The minimum Gasteiger partial charge on any atom is -0.481 e. The van der Waals surface area contributed by atoms with Gasteiger partial charge in [0.25, 0.3) is 0 Å². The zero-order valence-electron chi connectivity index (χ0n) is 13.8. The van der Waals surface area contributed by atoms with E-state index in [1.54, 1.807) is 0 Å². The van der Waals surface area contributed by atoms with Crippen molar-refractivity contribution in [1.82, 2.24) is 4.72 Å². The second kappa shape index (κ2) is 8.92. The second-order valence-electron chi connectivity index (χ2n) is 5.95. The minimum atomic E-state index is -3.69. The lowest BCUT2D eigenvalue weighted by atomic mass is 10.1. The molecule has 5 nitrogen and oxygen atoms in total. The van der Waals surface area contributed by atoms with Crippen LogP contribution in [0.1, 0.15) is 38.5 Å². The third-order valence-electron chi connectivity index (χ3n) is 4.01. The van der Waals surface area contributed by atoms with E-state index in [4.69, 9.17) is 5.11 Å². The highest BCUT2D eigenvalue weighted by Gasteiger charge is 2.24. The molecular formula is C18H22FNO4S. The third kappa shape index (κ3) is 6.10. The van der Waals surface area contributed by atoms with Gasteiger partial charge in [0.05, 0.1) is 4.90 Å². The monoisotopic (exact) mass is 367 g/mol. The van der Waals surface area contributed by atoms with Crippen molar-refractivity contribution in [1.29, 1.82) is 0 Å². The smallest absolute Gasteiger partial charge is 0.303 e. The Morgan fingerprint density at radius 2 is 2.00 bits per heavy atom. The standard InChI is InChI=1S/C18H22FNO4S/c19-15-10-12-16(13-11-15)25(23,24)20-17-8-5-7-14(17)6-3-1-2-4-9-18(21)22/h1,3,7,10-13,17,20H,2,4-6,8-9H2,(H,21,22)/b3-1-/t17-/m0/s1. The fraction of sp³-hybridized carbons (Fsp3) is 0.389. The summed E-state index contributed by atoms with van der Waals surface area (Å²) in [4.78, 5) is 10.5. The van der Waals surface area contributed by atoms with Crippen molar-refractivity contribution in [2.45, 2.75) is 49.5 Å². The molecule has 0 fully saturated rings. The van der Waals surface area contributed by atoms with Gasteiger partial charge < -0.3 is 5.11 Å². The van der Waals surface area contributed by atoms with Crippen molar-refractivity contribution >= 4 is 16.0 Å². The molecule has 0 saturated heterocycles. The Bertz CT molecular complexity index is 754. The maximum absolute atomic E-state index is 12.9. The Kier molecular flexibility index (Phi) is 6.90. The summed E-state index contributed by atoms with van der Waals surface area (Å²) >= 11 is 0. The molecular weight excluding hydrogens is 345 g/mol. The summed E-state index contributed by atoms with van der Waals surface area (Å²) in [7, 11) is -3.69. The molecule has 136 valence electrons. The van der Waals surface area contributed by atoms with E-state index < -0.39 is 21.8 Å². The van der Waals surface area contributed by atoms with Crippen LogP contribution in [0.3, 0.4) is 0 Å². The van der Waals surface area contributed by atoms with Crippen LogP contribution in [0.5, 0.6) is 0 Å². The first kappa shape index (κ1) is 19.3. The molecule has 0 heterocycles. The Hall–Kier alpha value is -1.99. The van der Waals surface area contributed by atoms with E-state index in [0.29, 0.717) is 25.7 Å². The molecule has 0 aliphatic heterocycles. The summed E-state index contributed by atoms with van der Waals surface area (Å²) < 4.78 is 40.4. The second-order valence-corrected chi connectivity index (χ2v) is 7.66. The molecule has 1 aromatic rings. The molecule has 0 bridgehead atoms. The Morgan fingerprint density at radius 3 is 2.68 bits per heavy atom. The van der Waals surface area contributed by atoms with E-state index in [9.17, 15) is 17.6 Å². The SMILES string of the molecule is O=C(O)CCC/C=C\CC1=CCC[C@@H]1NS(=O)(=O)c1ccc(F)cc1. The van der Waals surface area contributed by atoms with Crippen LogP contribution in [0.2, 0.25) is 0 Å². The predicted octanol–water partition coefficient (Wildman–Crippen LogP) is 3.39. The van der Waals surface area contributed by atoms with E-state index >= 15 is 0 Å². The highest BCUT2D eigenvalue weighted by atomic mass is 32.2. The third-order valence-corrected chi connectivity index (χ3v) is 5.50. The number of allylic oxidation sites excluding steroid dienone is 3. The quantitative estimate of drug-likeness (QED) is 0.518. The Balaban J connectivity index is 1.89. The summed E-state index contributed by atoms with van der Waals surface area (Å²) in [5.74, 6) is -1.28. The summed E-state index contributed by atoms with van der Waals surface area (Å²) in [5.41, 5.74) is 1.00. The van der Waals surface area contributed by atoms with Crippen LogP contribution >= 0.6 is 0 Å². The lowest BCUT2D eigenvalue weighted by Gasteiger charge is -2.16. The highest BCUT2D eigenvalue weighted by Crippen LogP contribution is 2.24. The first-order chi connectivity index (χ1) is 11.9. The maximum atomic E-state index is 12.9. The van der Waals surface area contributed by atoms with E-state index in [1.165, 1.54) is 12.1 Å². The van der Waals surface area contributed by atoms with Crippen molar-refractivity contribution in [3.8, 4) is 0 Å². The zero-order valence-corrected chi connectivity index (χ0v) is 14.6. The van der Waals surface area contributed by atoms with Gasteiger partial charge in [0.15, 0.2) is 0 Å². The molecule has 2 rings (SSSR count). The average molecular weight is 367 g/mol. The highest BCUT2D eigenvalue weighted by molar-refractivity contribution is 7.89. The molecule has 0 aromatic heterocycles.